The summed E-state index contributed by atoms with van der Waals surface area (Å²) in [5.41, 5.74) is 2.02. The monoisotopic (exact) mass is 574 g/mol. The second kappa shape index (κ2) is 12.5. The van der Waals surface area contributed by atoms with Gasteiger partial charge in [0.2, 0.25) is 0 Å². The molecule has 0 bridgehead atoms. The van der Waals surface area contributed by atoms with Gasteiger partial charge in [0.25, 0.3) is 0 Å². The van der Waals surface area contributed by atoms with E-state index in [0.29, 0.717) is 46.7 Å². The van der Waals surface area contributed by atoms with Crippen LogP contribution in [0.15, 0.2) is 85.7 Å². The Kier molecular flexibility index (Phi) is 8.48. The Morgan fingerprint density at radius 1 is 0.525 bits per heavy atom. The molecule has 202 valence electrons. The minimum absolute atomic E-state index is 0.316. The van der Waals surface area contributed by atoms with E-state index in [0.717, 1.165) is 22.6 Å². The molecule has 0 saturated heterocycles. The van der Waals surface area contributed by atoms with Crippen LogP contribution < -0.4 is 19.3 Å². The molecular weight excluding hydrogens is 551 g/mol. The van der Waals surface area contributed by atoms with Gasteiger partial charge in [0.05, 0.1) is 27.3 Å². The topological polar surface area (TPSA) is 102 Å². The average molecular weight is 575 g/mol. The molecule has 0 spiro atoms. The summed E-state index contributed by atoms with van der Waals surface area (Å²) in [6.07, 6.45) is 4.33. The third-order valence-corrected chi connectivity index (χ3v) is 6.40. The zero-order chi connectivity index (χ0) is 27.9. The fourth-order valence-corrected chi connectivity index (χ4v) is 4.24. The molecule has 10 nitrogen and oxygen atoms in total. The van der Waals surface area contributed by atoms with E-state index in [4.69, 9.17) is 32.7 Å². The van der Waals surface area contributed by atoms with Crippen LogP contribution in [-0.4, -0.2) is 44.1 Å². The number of rotatable bonds is 10. The summed E-state index contributed by atoms with van der Waals surface area (Å²) < 4.78 is 10.6. The first-order valence-corrected chi connectivity index (χ1v) is 12.9. The molecule has 0 saturated carbocycles. The molecule has 0 N–H and O–H groups in total. The quantitative estimate of drug-likeness (QED) is 0.183. The van der Waals surface area contributed by atoms with E-state index in [1.807, 2.05) is 64.4 Å². The van der Waals surface area contributed by atoms with E-state index in [2.05, 4.69) is 29.9 Å². The summed E-state index contributed by atoms with van der Waals surface area (Å²) in [4.78, 5) is 30.0. The lowest BCUT2D eigenvalue weighted by Gasteiger charge is -2.26. The molecule has 2 aromatic carbocycles. The third kappa shape index (κ3) is 6.53. The van der Waals surface area contributed by atoms with Crippen molar-refractivity contribution in [1.29, 1.82) is 0 Å². The molecule has 5 aromatic rings. The first-order chi connectivity index (χ1) is 19.5. The predicted molar refractivity (Wildman–Crippen MR) is 154 cm³/mol. The van der Waals surface area contributed by atoms with Gasteiger partial charge in [-0.05, 0) is 35.4 Å². The van der Waals surface area contributed by atoms with Gasteiger partial charge in [-0.3, -0.25) is 0 Å². The molecule has 0 radical (unpaired) electrons. The third-order valence-electron chi connectivity index (χ3n) is 5.98. The zero-order valence-corrected chi connectivity index (χ0v) is 23.2. The standard InChI is InChI=1S/C28H24Cl2N8O2/c1-39-21-7-3-19(4-8-21)14-37(25-11-23(29)31-16-33-25)27-13-28(36-18-35-27)38(26-12-24(30)32-17-34-26)15-20-5-9-22(40-2)10-6-20/h3-13,16-18H,14-15H2,1-2H3. The Morgan fingerprint density at radius 2 is 0.875 bits per heavy atom. The van der Waals surface area contributed by atoms with Gasteiger partial charge >= 0.3 is 0 Å². The number of nitrogens with zero attached hydrogens (tertiary/aromatic N) is 8. The lowest BCUT2D eigenvalue weighted by molar-refractivity contribution is 0.414. The highest BCUT2D eigenvalue weighted by Gasteiger charge is 2.19. The van der Waals surface area contributed by atoms with Gasteiger partial charge in [0.1, 0.15) is 64.1 Å². The zero-order valence-electron chi connectivity index (χ0n) is 21.6. The van der Waals surface area contributed by atoms with E-state index in [-0.39, 0.29) is 0 Å². The molecule has 0 fully saturated rings. The molecule has 0 unspecified atom stereocenters. The van der Waals surface area contributed by atoms with Crippen molar-refractivity contribution >= 4 is 46.5 Å². The van der Waals surface area contributed by atoms with Crippen molar-refractivity contribution in [2.75, 3.05) is 24.0 Å². The summed E-state index contributed by atoms with van der Waals surface area (Å²) in [5, 5.41) is 0.631. The van der Waals surface area contributed by atoms with Crippen LogP contribution >= 0.6 is 23.2 Å². The number of aromatic nitrogens is 6. The summed E-state index contributed by atoms with van der Waals surface area (Å²) in [6.45, 7) is 0.900. The number of benzene rings is 2. The van der Waals surface area contributed by atoms with Crippen molar-refractivity contribution < 1.29 is 9.47 Å². The van der Waals surface area contributed by atoms with Gasteiger partial charge < -0.3 is 19.3 Å². The molecule has 3 heterocycles. The molecule has 0 aliphatic carbocycles. The number of halogens is 2. The maximum Gasteiger partial charge on any atom is 0.139 e. The summed E-state index contributed by atoms with van der Waals surface area (Å²) >= 11 is 12.5. The summed E-state index contributed by atoms with van der Waals surface area (Å²) in [7, 11) is 3.27. The normalized spacial score (nSPS) is 10.7. The minimum atomic E-state index is 0.316. The Labute approximate surface area is 241 Å². The molecule has 0 amide bonds. The van der Waals surface area contributed by atoms with E-state index in [9.17, 15) is 0 Å². The van der Waals surface area contributed by atoms with E-state index in [1.165, 1.54) is 19.0 Å². The molecular formula is C28H24Cl2N8O2. The van der Waals surface area contributed by atoms with E-state index >= 15 is 0 Å². The van der Waals surface area contributed by atoms with Gasteiger partial charge in [-0.1, -0.05) is 47.5 Å². The van der Waals surface area contributed by atoms with Crippen LogP contribution in [0, 0.1) is 0 Å². The molecule has 0 atom stereocenters. The van der Waals surface area contributed by atoms with Gasteiger partial charge in [0.15, 0.2) is 0 Å². The van der Waals surface area contributed by atoms with Crippen LogP contribution in [0.3, 0.4) is 0 Å². The van der Waals surface area contributed by atoms with Crippen LogP contribution in [0.4, 0.5) is 23.3 Å². The van der Waals surface area contributed by atoms with Crippen molar-refractivity contribution in [3.05, 3.63) is 107 Å². The maximum absolute atomic E-state index is 6.24. The Morgan fingerprint density at radius 3 is 1.23 bits per heavy atom. The van der Waals surface area contributed by atoms with Crippen LogP contribution in [0.5, 0.6) is 11.5 Å². The largest absolute Gasteiger partial charge is 0.497 e. The number of methoxy groups -OCH3 is 2. The van der Waals surface area contributed by atoms with Gasteiger partial charge in [-0.25, -0.2) is 29.9 Å². The SMILES string of the molecule is COc1ccc(CN(c2cc(Cl)ncn2)c2cc(N(Cc3ccc(OC)cc3)c3cc(Cl)ncn3)ncn2)cc1. The Hall–Kier alpha value is -4.54. The first-order valence-electron chi connectivity index (χ1n) is 12.1. The van der Waals surface area contributed by atoms with Crippen molar-refractivity contribution in [2.24, 2.45) is 0 Å². The highest BCUT2D eigenvalue weighted by Crippen LogP contribution is 2.31. The maximum atomic E-state index is 6.24. The number of anilines is 4. The average Bonchev–Trinajstić information content (AvgIpc) is 2.99. The summed E-state index contributed by atoms with van der Waals surface area (Å²) in [6, 6.07) is 20.8. The molecule has 0 aliphatic rings. The van der Waals surface area contributed by atoms with Crippen molar-refractivity contribution in [2.45, 2.75) is 13.1 Å². The highest BCUT2D eigenvalue weighted by atomic mass is 35.5. The first kappa shape index (κ1) is 27.0. The van der Waals surface area contributed by atoms with Gasteiger partial charge in [0, 0.05) is 18.2 Å². The number of hydrogen-bond donors (Lipinski definition) is 0. The van der Waals surface area contributed by atoms with Crippen LogP contribution in [0.1, 0.15) is 11.1 Å². The van der Waals surface area contributed by atoms with Crippen molar-refractivity contribution in [3.63, 3.8) is 0 Å². The smallest absolute Gasteiger partial charge is 0.139 e. The Balaban J connectivity index is 1.55. The van der Waals surface area contributed by atoms with Gasteiger partial charge in [-0.15, -0.1) is 0 Å². The molecule has 12 heteroatoms. The van der Waals surface area contributed by atoms with E-state index < -0.39 is 0 Å². The summed E-state index contributed by atoms with van der Waals surface area (Å²) in [5.74, 6) is 3.87. The predicted octanol–water partition coefficient (Wildman–Crippen LogP) is 6.06. The molecule has 0 aliphatic heterocycles. The van der Waals surface area contributed by atoms with Crippen molar-refractivity contribution in [3.8, 4) is 11.5 Å². The minimum Gasteiger partial charge on any atom is -0.497 e. The van der Waals surface area contributed by atoms with Crippen LogP contribution in [-0.2, 0) is 13.1 Å². The highest BCUT2D eigenvalue weighted by molar-refractivity contribution is 6.29. The van der Waals surface area contributed by atoms with Crippen LogP contribution in [0.2, 0.25) is 10.3 Å². The fourth-order valence-electron chi connectivity index (χ4n) is 3.96. The number of hydrogen-bond acceptors (Lipinski definition) is 10. The number of ether oxygens (including phenoxy) is 2. The Bertz CT molecular complexity index is 1460. The van der Waals surface area contributed by atoms with E-state index in [1.54, 1.807) is 26.4 Å². The van der Waals surface area contributed by atoms with Crippen LogP contribution in [0.25, 0.3) is 0 Å². The molecule has 5 rings (SSSR count). The molecule has 40 heavy (non-hydrogen) atoms. The van der Waals surface area contributed by atoms with Crippen molar-refractivity contribution in [1.82, 2.24) is 29.9 Å². The fraction of sp³-hybridized carbons (Fsp3) is 0.143. The molecule has 3 aromatic heterocycles. The lowest BCUT2D eigenvalue weighted by Crippen LogP contribution is -2.22. The lowest BCUT2D eigenvalue weighted by atomic mass is 10.2. The van der Waals surface area contributed by atoms with Gasteiger partial charge in [-0.2, -0.15) is 0 Å². The second-order valence-corrected chi connectivity index (χ2v) is 9.28. The second-order valence-electron chi connectivity index (χ2n) is 8.50.